The standard InChI is InChI=1S/C14H16BrClN2O3/c15-8-6-10(12(16)17-7-8)13(19)18-11-5-3-1-2-4-9(11)14(20)21/h6-7,9,11H,1-5H2,(H,18,19)(H,20,21). The monoisotopic (exact) mass is 374 g/mol. The molecule has 2 N–H and O–H groups in total. The molecule has 1 fully saturated rings. The van der Waals surface area contributed by atoms with Crippen LogP contribution in [0, 0.1) is 5.92 Å². The third-order valence-electron chi connectivity index (χ3n) is 3.70. The molecular formula is C14H16BrClN2O3. The molecule has 1 aromatic rings. The number of nitrogens with zero attached hydrogens (tertiary/aromatic N) is 1. The summed E-state index contributed by atoms with van der Waals surface area (Å²) in [6.07, 6.45) is 5.55. The number of hydrogen-bond donors (Lipinski definition) is 2. The van der Waals surface area contributed by atoms with Crippen LogP contribution in [0.5, 0.6) is 0 Å². The van der Waals surface area contributed by atoms with E-state index in [2.05, 4.69) is 26.2 Å². The van der Waals surface area contributed by atoms with Gasteiger partial charge in [-0.1, -0.05) is 30.9 Å². The fourth-order valence-electron chi connectivity index (χ4n) is 2.60. The molecule has 2 atom stereocenters. The second-order valence-electron chi connectivity index (χ2n) is 5.15. The van der Waals surface area contributed by atoms with E-state index in [0.29, 0.717) is 17.3 Å². The quantitative estimate of drug-likeness (QED) is 0.628. The predicted molar refractivity (Wildman–Crippen MR) is 82.4 cm³/mol. The van der Waals surface area contributed by atoms with Gasteiger partial charge in [0.25, 0.3) is 5.91 Å². The molecule has 1 saturated carbocycles. The first-order valence-corrected chi connectivity index (χ1v) is 8.01. The van der Waals surface area contributed by atoms with Crippen LogP contribution >= 0.6 is 27.5 Å². The number of rotatable bonds is 3. The summed E-state index contributed by atoms with van der Waals surface area (Å²) in [7, 11) is 0. The molecule has 1 aliphatic rings. The Bertz CT molecular complexity index is 553. The lowest BCUT2D eigenvalue weighted by Crippen LogP contribution is -2.43. The van der Waals surface area contributed by atoms with Gasteiger partial charge in [-0.05, 0) is 34.8 Å². The Labute approximate surface area is 136 Å². The molecule has 1 aromatic heterocycles. The van der Waals surface area contributed by atoms with E-state index in [1.54, 1.807) is 6.07 Å². The van der Waals surface area contributed by atoms with Crippen LogP contribution in [0.15, 0.2) is 16.7 Å². The molecule has 1 aliphatic carbocycles. The third-order valence-corrected chi connectivity index (χ3v) is 4.43. The number of halogens is 2. The van der Waals surface area contributed by atoms with Crippen LogP contribution in [0.25, 0.3) is 0 Å². The molecule has 2 rings (SSSR count). The number of carboxylic acid groups (broad SMARTS) is 1. The number of nitrogens with one attached hydrogen (secondary N) is 1. The molecular weight excluding hydrogens is 360 g/mol. The van der Waals surface area contributed by atoms with Gasteiger partial charge in [-0.3, -0.25) is 9.59 Å². The van der Waals surface area contributed by atoms with Gasteiger partial charge < -0.3 is 10.4 Å². The summed E-state index contributed by atoms with van der Waals surface area (Å²) in [6.45, 7) is 0. The van der Waals surface area contributed by atoms with Crippen LogP contribution in [-0.2, 0) is 4.79 Å². The maximum Gasteiger partial charge on any atom is 0.308 e. The van der Waals surface area contributed by atoms with Gasteiger partial charge in [0.2, 0.25) is 0 Å². The predicted octanol–water partition coefficient (Wildman–Crippen LogP) is 3.26. The number of carbonyl (C=O) groups excluding carboxylic acids is 1. The maximum atomic E-state index is 12.3. The topological polar surface area (TPSA) is 79.3 Å². The van der Waals surface area contributed by atoms with E-state index in [4.69, 9.17) is 11.6 Å². The number of hydrogen-bond acceptors (Lipinski definition) is 3. The highest BCUT2D eigenvalue weighted by atomic mass is 79.9. The molecule has 0 radical (unpaired) electrons. The van der Waals surface area contributed by atoms with Crippen molar-refractivity contribution in [2.75, 3.05) is 0 Å². The van der Waals surface area contributed by atoms with Crippen molar-refractivity contribution in [1.82, 2.24) is 10.3 Å². The summed E-state index contributed by atoms with van der Waals surface area (Å²) in [5.41, 5.74) is 0.249. The Kier molecular flexibility index (Phi) is 5.58. The van der Waals surface area contributed by atoms with Crippen molar-refractivity contribution in [2.45, 2.75) is 38.1 Å². The van der Waals surface area contributed by atoms with E-state index < -0.39 is 11.9 Å². The average molecular weight is 376 g/mol. The van der Waals surface area contributed by atoms with Crippen LogP contribution in [0.2, 0.25) is 5.15 Å². The fourth-order valence-corrected chi connectivity index (χ4v) is 3.12. The third kappa shape index (κ3) is 4.17. The Hall–Kier alpha value is -1.14. The van der Waals surface area contributed by atoms with Gasteiger partial charge in [0, 0.05) is 16.7 Å². The summed E-state index contributed by atoms with van der Waals surface area (Å²) < 4.78 is 0.646. The van der Waals surface area contributed by atoms with Crippen molar-refractivity contribution >= 4 is 39.4 Å². The van der Waals surface area contributed by atoms with Gasteiger partial charge in [0.15, 0.2) is 0 Å². The highest BCUT2D eigenvalue weighted by Crippen LogP contribution is 2.25. The number of carboxylic acids is 1. The van der Waals surface area contributed by atoms with Crippen molar-refractivity contribution in [1.29, 1.82) is 0 Å². The lowest BCUT2D eigenvalue weighted by atomic mass is 9.94. The second-order valence-corrected chi connectivity index (χ2v) is 6.43. The first-order chi connectivity index (χ1) is 9.99. The van der Waals surface area contributed by atoms with Crippen molar-refractivity contribution in [3.63, 3.8) is 0 Å². The maximum absolute atomic E-state index is 12.3. The number of pyridine rings is 1. The molecule has 0 spiro atoms. The van der Waals surface area contributed by atoms with E-state index in [0.717, 1.165) is 19.3 Å². The minimum Gasteiger partial charge on any atom is -0.481 e. The smallest absolute Gasteiger partial charge is 0.308 e. The summed E-state index contributed by atoms with van der Waals surface area (Å²) in [5.74, 6) is -1.79. The van der Waals surface area contributed by atoms with Crippen molar-refractivity contribution in [2.24, 2.45) is 5.92 Å². The lowest BCUT2D eigenvalue weighted by Gasteiger charge is -2.23. The summed E-state index contributed by atoms with van der Waals surface area (Å²) in [5, 5.41) is 12.2. The molecule has 0 saturated heterocycles. The van der Waals surface area contributed by atoms with E-state index in [1.807, 2.05) is 0 Å². The Balaban J connectivity index is 2.16. The fraction of sp³-hybridized carbons (Fsp3) is 0.500. The SMILES string of the molecule is O=C(NC1CCCCCC1C(=O)O)c1cc(Br)cnc1Cl. The van der Waals surface area contributed by atoms with Gasteiger partial charge in [-0.15, -0.1) is 0 Å². The van der Waals surface area contributed by atoms with Crippen LogP contribution in [0.4, 0.5) is 0 Å². The molecule has 114 valence electrons. The number of carbonyl (C=O) groups is 2. The minimum atomic E-state index is -0.860. The van der Waals surface area contributed by atoms with E-state index in [1.165, 1.54) is 6.20 Å². The summed E-state index contributed by atoms with van der Waals surface area (Å²) in [6, 6.07) is 1.21. The molecule has 2 unspecified atom stereocenters. The van der Waals surface area contributed by atoms with Gasteiger partial charge in [0.05, 0.1) is 11.5 Å². The molecule has 1 heterocycles. The number of aromatic nitrogens is 1. The Morgan fingerprint density at radius 1 is 1.33 bits per heavy atom. The van der Waals surface area contributed by atoms with Gasteiger partial charge in [0.1, 0.15) is 5.15 Å². The van der Waals surface area contributed by atoms with Gasteiger partial charge in [-0.25, -0.2) is 4.98 Å². The Morgan fingerprint density at radius 2 is 2.05 bits per heavy atom. The van der Waals surface area contributed by atoms with E-state index >= 15 is 0 Å². The number of amides is 1. The van der Waals surface area contributed by atoms with Crippen LogP contribution in [0.3, 0.4) is 0 Å². The van der Waals surface area contributed by atoms with Gasteiger partial charge in [-0.2, -0.15) is 0 Å². The molecule has 0 bridgehead atoms. The largest absolute Gasteiger partial charge is 0.481 e. The zero-order chi connectivity index (χ0) is 15.4. The van der Waals surface area contributed by atoms with Crippen molar-refractivity contribution < 1.29 is 14.7 Å². The molecule has 7 heteroatoms. The highest BCUT2D eigenvalue weighted by Gasteiger charge is 2.31. The first-order valence-electron chi connectivity index (χ1n) is 6.83. The summed E-state index contributed by atoms with van der Waals surface area (Å²) in [4.78, 5) is 27.6. The first kappa shape index (κ1) is 16.2. The van der Waals surface area contributed by atoms with Crippen molar-refractivity contribution in [3.8, 4) is 0 Å². The highest BCUT2D eigenvalue weighted by molar-refractivity contribution is 9.10. The summed E-state index contributed by atoms with van der Waals surface area (Å²) >= 11 is 9.17. The molecule has 0 aromatic carbocycles. The zero-order valence-electron chi connectivity index (χ0n) is 11.3. The number of aliphatic carboxylic acids is 1. The van der Waals surface area contributed by atoms with E-state index in [9.17, 15) is 14.7 Å². The molecule has 5 nitrogen and oxygen atoms in total. The van der Waals surface area contributed by atoms with Crippen molar-refractivity contribution in [3.05, 3.63) is 27.5 Å². The zero-order valence-corrected chi connectivity index (χ0v) is 13.7. The lowest BCUT2D eigenvalue weighted by molar-refractivity contribution is -0.142. The second kappa shape index (κ2) is 7.22. The van der Waals surface area contributed by atoms with Gasteiger partial charge >= 0.3 is 5.97 Å². The average Bonchev–Trinajstić information content (AvgIpc) is 2.67. The molecule has 1 amide bonds. The minimum absolute atomic E-state index is 0.108. The Morgan fingerprint density at radius 3 is 2.76 bits per heavy atom. The van der Waals surface area contributed by atoms with Crippen LogP contribution < -0.4 is 5.32 Å². The normalized spacial score (nSPS) is 22.4. The van der Waals surface area contributed by atoms with Crippen LogP contribution in [0.1, 0.15) is 42.5 Å². The van der Waals surface area contributed by atoms with E-state index in [-0.39, 0.29) is 22.7 Å². The molecule has 0 aliphatic heterocycles. The van der Waals surface area contributed by atoms with Crippen LogP contribution in [-0.4, -0.2) is 28.0 Å². The molecule has 21 heavy (non-hydrogen) atoms.